The number of hydrazone groups is 1. The van der Waals surface area contributed by atoms with Crippen LogP contribution in [0.15, 0.2) is 88.6 Å². The van der Waals surface area contributed by atoms with Crippen molar-refractivity contribution in [1.29, 1.82) is 0 Å². The Morgan fingerprint density at radius 1 is 1.06 bits per heavy atom. The summed E-state index contributed by atoms with van der Waals surface area (Å²) in [4.78, 5) is 24.2. The molecule has 32 heavy (non-hydrogen) atoms. The number of nitrogens with zero attached hydrogens (tertiary/aromatic N) is 2. The quantitative estimate of drug-likeness (QED) is 0.235. The Balaban J connectivity index is 1.58. The van der Waals surface area contributed by atoms with Gasteiger partial charge in [0, 0.05) is 33.7 Å². The lowest BCUT2D eigenvalue weighted by Crippen LogP contribution is -2.18. The van der Waals surface area contributed by atoms with E-state index in [-0.39, 0.29) is 11.9 Å². The molecular weight excluding hydrogens is 470 g/mol. The third-order valence-electron chi connectivity index (χ3n) is 5.01. The first-order valence-corrected chi connectivity index (χ1v) is 10.7. The maximum absolute atomic E-state index is 12.4. The van der Waals surface area contributed by atoms with Crippen molar-refractivity contribution in [3.63, 3.8) is 0 Å². The van der Waals surface area contributed by atoms with Crippen LogP contribution in [0, 0.1) is 0 Å². The molecule has 0 aliphatic rings. The molecule has 3 aromatic carbocycles. The fourth-order valence-corrected chi connectivity index (χ4v) is 3.95. The molecule has 6 nitrogen and oxygen atoms in total. The van der Waals surface area contributed by atoms with E-state index in [9.17, 15) is 9.59 Å². The van der Waals surface area contributed by atoms with Crippen molar-refractivity contribution in [1.82, 2.24) is 9.99 Å². The smallest absolute Gasteiger partial charge is 0.337 e. The molecule has 1 aromatic heterocycles. The molecule has 160 valence electrons. The van der Waals surface area contributed by atoms with Gasteiger partial charge in [-0.2, -0.15) is 5.10 Å². The zero-order chi connectivity index (χ0) is 22.5. The molecule has 0 unspecified atom stereocenters. The predicted molar refractivity (Wildman–Crippen MR) is 128 cm³/mol. The fraction of sp³-hybridized carbons (Fsp3) is 0.0800. The molecule has 7 heteroatoms. The van der Waals surface area contributed by atoms with E-state index in [0.717, 1.165) is 22.0 Å². The zero-order valence-electron chi connectivity index (χ0n) is 17.3. The minimum atomic E-state index is -0.363. The standard InChI is InChI=1S/C25H20BrN3O3/c1-32-25(31)18-8-6-7-17(13-18)15-29-16-19(20-9-3-5-12-23(20)29)14-27-28-24(30)21-10-2-4-11-22(21)26/h2-14,16H,15H2,1H3,(H,28,30)/b27-14-. The number of hydrogen-bond donors (Lipinski definition) is 1. The van der Waals surface area contributed by atoms with E-state index >= 15 is 0 Å². The minimum Gasteiger partial charge on any atom is -0.465 e. The first-order chi connectivity index (χ1) is 15.6. The maximum atomic E-state index is 12.4. The summed E-state index contributed by atoms with van der Waals surface area (Å²) in [5.41, 5.74) is 6.47. The van der Waals surface area contributed by atoms with Crippen molar-refractivity contribution in [2.75, 3.05) is 7.11 Å². The molecule has 1 heterocycles. The Kier molecular flexibility index (Phi) is 6.47. The van der Waals surface area contributed by atoms with Gasteiger partial charge < -0.3 is 9.30 Å². The molecule has 0 aliphatic heterocycles. The third-order valence-corrected chi connectivity index (χ3v) is 5.70. The lowest BCUT2D eigenvalue weighted by atomic mass is 10.1. The summed E-state index contributed by atoms with van der Waals surface area (Å²) >= 11 is 3.37. The number of aromatic nitrogens is 1. The van der Waals surface area contributed by atoms with Gasteiger partial charge in [-0.25, -0.2) is 10.2 Å². The van der Waals surface area contributed by atoms with Crippen molar-refractivity contribution < 1.29 is 14.3 Å². The van der Waals surface area contributed by atoms with Crippen molar-refractivity contribution in [3.05, 3.63) is 106 Å². The average molecular weight is 490 g/mol. The first-order valence-electron chi connectivity index (χ1n) is 9.90. The Labute approximate surface area is 193 Å². The number of amides is 1. The van der Waals surface area contributed by atoms with Gasteiger partial charge in [-0.1, -0.05) is 42.5 Å². The van der Waals surface area contributed by atoms with E-state index < -0.39 is 0 Å². The molecule has 0 aliphatic carbocycles. The molecule has 1 N–H and O–H groups in total. The van der Waals surface area contributed by atoms with Crippen molar-refractivity contribution in [3.8, 4) is 0 Å². The largest absolute Gasteiger partial charge is 0.465 e. The number of nitrogens with one attached hydrogen (secondary N) is 1. The highest BCUT2D eigenvalue weighted by molar-refractivity contribution is 9.10. The summed E-state index contributed by atoms with van der Waals surface area (Å²) in [6, 6.07) is 22.5. The number of para-hydroxylation sites is 1. The highest BCUT2D eigenvalue weighted by Gasteiger charge is 2.11. The summed E-state index contributed by atoms with van der Waals surface area (Å²) in [6.07, 6.45) is 3.61. The van der Waals surface area contributed by atoms with Crippen LogP contribution in [0.2, 0.25) is 0 Å². The highest BCUT2D eigenvalue weighted by Crippen LogP contribution is 2.22. The van der Waals surface area contributed by atoms with Crippen molar-refractivity contribution >= 4 is 44.9 Å². The number of halogens is 1. The Morgan fingerprint density at radius 2 is 1.84 bits per heavy atom. The van der Waals surface area contributed by atoms with Crippen LogP contribution >= 0.6 is 15.9 Å². The van der Waals surface area contributed by atoms with Gasteiger partial charge in [0.1, 0.15) is 0 Å². The SMILES string of the molecule is COC(=O)c1cccc(Cn2cc(/C=N\NC(=O)c3ccccc3Br)c3ccccc32)c1. The van der Waals surface area contributed by atoms with Gasteiger partial charge in [0.25, 0.3) is 5.91 Å². The second-order valence-electron chi connectivity index (χ2n) is 7.10. The predicted octanol–water partition coefficient (Wildman–Crippen LogP) is 5.00. The molecule has 0 saturated carbocycles. The van der Waals surface area contributed by atoms with Crippen molar-refractivity contribution in [2.45, 2.75) is 6.54 Å². The van der Waals surface area contributed by atoms with E-state index in [0.29, 0.717) is 22.1 Å². The molecule has 0 atom stereocenters. The average Bonchev–Trinajstić information content (AvgIpc) is 3.16. The molecule has 0 spiro atoms. The van der Waals surface area contributed by atoms with Gasteiger partial charge in [-0.15, -0.1) is 0 Å². The van der Waals surface area contributed by atoms with E-state index in [1.807, 2.05) is 54.7 Å². The number of rotatable bonds is 6. The van der Waals surface area contributed by atoms with E-state index in [1.54, 1.807) is 30.5 Å². The lowest BCUT2D eigenvalue weighted by Gasteiger charge is -2.07. The van der Waals surface area contributed by atoms with E-state index in [2.05, 4.69) is 31.0 Å². The third kappa shape index (κ3) is 4.63. The molecule has 4 rings (SSSR count). The van der Waals surface area contributed by atoms with Crippen LogP contribution < -0.4 is 5.43 Å². The van der Waals surface area contributed by atoms with Gasteiger partial charge in [0.05, 0.1) is 24.5 Å². The normalized spacial score (nSPS) is 11.1. The Hall–Kier alpha value is -3.71. The van der Waals surface area contributed by atoms with Crippen LogP contribution in [0.5, 0.6) is 0 Å². The van der Waals surface area contributed by atoms with Gasteiger partial charge in [0.15, 0.2) is 0 Å². The molecule has 0 bridgehead atoms. The molecule has 4 aromatic rings. The Morgan fingerprint density at radius 3 is 2.66 bits per heavy atom. The van der Waals surface area contributed by atoms with Gasteiger partial charge in [-0.05, 0) is 51.8 Å². The first kappa shape index (κ1) is 21.5. The van der Waals surface area contributed by atoms with Gasteiger partial charge in [0.2, 0.25) is 0 Å². The topological polar surface area (TPSA) is 72.7 Å². The summed E-state index contributed by atoms with van der Waals surface area (Å²) in [6.45, 7) is 0.572. The lowest BCUT2D eigenvalue weighted by molar-refractivity contribution is 0.0600. The number of hydrogen-bond acceptors (Lipinski definition) is 4. The number of benzene rings is 3. The number of carbonyl (C=O) groups is 2. The summed E-state index contributed by atoms with van der Waals surface area (Å²) in [5, 5.41) is 5.17. The van der Waals surface area contributed by atoms with Crippen LogP contribution in [-0.2, 0) is 11.3 Å². The number of esters is 1. The molecule has 0 radical (unpaired) electrons. The van der Waals surface area contributed by atoms with Crippen LogP contribution in [-0.4, -0.2) is 29.8 Å². The van der Waals surface area contributed by atoms with Gasteiger partial charge in [-0.3, -0.25) is 4.79 Å². The number of methoxy groups -OCH3 is 1. The van der Waals surface area contributed by atoms with Crippen LogP contribution in [0.1, 0.15) is 31.8 Å². The molecular formula is C25H20BrN3O3. The number of ether oxygens (including phenoxy) is 1. The number of fused-ring (bicyclic) bond motifs is 1. The summed E-state index contributed by atoms with van der Waals surface area (Å²) < 4.78 is 7.61. The van der Waals surface area contributed by atoms with E-state index in [4.69, 9.17) is 4.74 Å². The fourth-order valence-electron chi connectivity index (χ4n) is 3.49. The molecule has 0 saturated heterocycles. The van der Waals surface area contributed by atoms with Crippen molar-refractivity contribution in [2.24, 2.45) is 5.10 Å². The van der Waals surface area contributed by atoms with Crippen LogP contribution in [0.4, 0.5) is 0 Å². The molecule has 0 fully saturated rings. The summed E-state index contributed by atoms with van der Waals surface area (Å²) in [5.74, 6) is -0.657. The summed E-state index contributed by atoms with van der Waals surface area (Å²) in [7, 11) is 1.37. The second-order valence-corrected chi connectivity index (χ2v) is 7.95. The molecule has 1 amide bonds. The van der Waals surface area contributed by atoms with Crippen LogP contribution in [0.25, 0.3) is 10.9 Å². The minimum absolute atomic E-state index is 0.294. The monoisotopic (exact) mass is 489 g/mol. The van der Waals surface area contributed by atoms with Crippen LogP contribution in [0.3, 0.4) is 0 Å². The van der Waals surface area contributed by atoms with Gasteiger partial charge >= 0.3 is 5.97 Å². The highest BCUT2D eigenvalue weighted by atomic mass is 79.9. The zero-order valence-corrected chi connectivity index (χ0v) is 18.9. The Bertz CT molecular complexity index is 1330. The second kappa shape index (κ2) is 9.62. The maximum Gasteiger partial charge on any atom is 0.337 e. The number of carbonyl (C=O) groups excluding carboxylic acids is 2. The van der Waals surface area contributed by atoms with E-state index in [1.165, 1.54) is 7.11 Å².